The largest absolute Gasteiger partial charge is 0.489 e. The number of hydrogen-bond acceptors (Lipinski definition) is 3. The van der Waals surface area contributed by atoms with E-state index in [0.29, 0.717) is 19.6 Å². The SMILES string of the molecule is C=CCOc1cccc(NC(=O)CC2(CN)CCCCC2)c1.Cl. The Kier molecular flexibility index (Phi) is 8.13. The van der Waals surface area contributed by atoms with E-state index in [0.717, 1.165) is 24.3 Å². The molecule has 1 aromatic carbocycles. The average molecular weight is 339 g/mol. The van der Waals surface area contributed by atoms with Crippen molar-refractivity contribution in [3.05, 3.63) is 36.9 Å². The summed E-state index contributed by atoms with van der Waals surface area (Å²) in [4.78, 5) is 12.3. The quantitative estimate of drug-likeness (QED) is 0.741. The van der Waals surface area contributed by atoms with Crippen molar-refractivity contribution in [2.75, 3.05) is 18.5 Å². The van der Waals surface area contributed by atoms with E-state index < -0.39 is 0 Å². The summed E-state index contributed by atoms with van der Waals surface area (Å²) in [6.45, 7) is 4.66. The maximum absolute atomic E-state index is 12.3. The van der Waals surface area contributed by atoms with Crippen LogP contribution in [-0.2, 0) is 4.79 Å². The molecule has 0 atom stereocenters. The highest BCUT2D eigenvalue weighted by molar-refractivity contribution is 5.91. The zero-order valence-electron chi connectivity index (χ0n) is 13.6. The van der Waals surface area contributed by atoms with Crippen molar-refractivity contribution in [2.45, 2.75) is 38.5 Å². The minimum Gasteiger partial charge on any atom is -0.489 e. The van der Waals surface area contributed by atoms with Gasteiger partial charge < -0.3 is 15.8 Å². The van der Waals surface area contributed by atoms with E-state index in [1.807, 2.05) is 24.3 Å². The Morgan fingerprint density at radius 1 is 1.35 bits per heavy atom. The summed E-state index contributed by atoms with van der Waals surface area (Å²) >= 11 is 0. The maximum Gasteiger partial charge on any atom is 0.224 e. The van der Waals surface area contributed by atoms with Gasteiger partial charge >= 0.3 is 0 Å². The molecule has 0 bridgehead atoms. The summed E-state index contributed by atoms with van der Waals surface area (Å²) in [6.07, 6.45) is 7.91. The lowest BCUT2D eigenvalue weighted by Gasteiger charge is -2.35. The Balaban J connectivity index is 0.00000264. The van der Waals surface area contributed by atoms with Crippen molar-refractivity contribution in [3.8, 4) is 5.75 Å². The zero-order valence-corrected chi connectivity index (χ0v) is 14.4. The van der Waals surface area contributed by atoms with Gasteiger partial charge in [0, 0.05) is 18.2 Å². The molecule has 0 radical (unpaired) electrons. The topological polar surface area (TPSA) is 64.3 Å². The number of nitrogens with two attached hydrogens (primary N) is 1. The molecule has 1 amide bonds. The molecule has 23 heavy (non-hydrogen) atoms. The van der Waals surface area contributed by atoms with Gasteiger partial charge in [-0.2, -0.15) is 0 Å². The Morgan fingerprint density at radius 2 is 2.09 bits per heavy atom. The minimum absolute atomic E-state index is 0. The minimum atomic E-state index is -0.0146. The van der Waals surface area contributed by atoms with Crippen molar-refractivity contribution in [1.29, 1.82) is 0 Å². The number of rotatable bonds is 7. The number of nitrogens with one attached hydrogen (secondary N) is 1. The summed E-state index contributed by atoms with van der Waals surface area (Å²) in [7, 11) is 0. The van der Waals surface area contributed by atoms with E-state index in [1.54, 1.807) is 6.08 Å². The first-order valence-electron chi connectivity index (χ1n) is 8.01. The second-order valence-corrected chi connectivity index (χ2v) is 6.12. The molecule has 1 fully saturated rings. The first-order chi connectivity index (χ1) is 10.7. The molecule has 0 aromatic heterocycles. The molecule has 0 aliphatic heterocycles. The molecule has 0 spiro atoms. The van der Waals surface area contributed by atoms with Gasteiger partial charge in [-0.1, -0.05) is 38.0 Å². The first-order valence-corrected chi connectivity index (χ1v) is 8.01. The lowest BCUT2D eigenvalue weighted by atomic mass is 9.71. The van der Waals surface area contributed by atoms with Gasteiger partial charge in [-0.05, 0) is 36.9 Å². The van der Waals surface area contributed by atoms with E-state index in [2.05, 4.69) is 11.9 Å². The van der Waals surface area contributed by atoms with Crippen LogP contribution in [0.25, 0.3) is 0 Å². The number of benzene rings is 1. The van der Waals surface area contributed by atoms with Crippen LogP contribution in [0.1, 0.15) is 38.5 Å². The number of carbonyl (C=O) groups excluding carboxylic acids is 1. The van der Waals surface area contributed by atoms with Gasteiger partial charge in [0.15, 0.2) is 0 Å². The second kappa shape index (κ2) is 9.58. The van der Waals surface area contributed by atoms with Crippen LogP contribution in [0.5, 0.6) is 5.75 Å². The lowest BCUT2D eigenvalue weighted by molar-refractivity contribution is -0.118. The van der Waals surface area contributed by atoms with Gasteiger partial charge in [0.25, 0.3) is 0 Å². The third kappa shape index (κ3) is 5.88. The van der Waals surface area contributed by atoms with E-state index in [9.17, 15) is 4.79 Å². The summed E-state index contributed by atoms with van der Waals surface area (Å²) in [5.41, 5.74) is 6.69. The smallest absolute Gasteiger partial charge is 0.224 e. The van der Waals surface area contributed by atoms with E-state index >= 15 is 0 Å². The Labute approximate surface area is 144 Å². The molecule has 3 N–H and O–H groups in total. The molecule has 4 nitrogen and oxygen atoms in total. The van der Waals surface area contributed by atoms with Crippen molar-refractivity contribution >= 4 is 24.0 Å². The molecule has 5 heteroatoms. The van der Waals surface area contributed by atoms with Gasteiger partial charge in [0.1, 0.15) is 12.4 Å². The van der Waals surface area contributed by atoms with Crippen molar-refractivity contribution in [1.82, 2.24) is 0 Å². The van der Waals surface area contributed by atoms with Crippen LogP contribution < -0.4 is 15.8 Å². The summed E-state index contributed by atoms with van der Waals surface area (Å²) in [5, 5.41) is 2.96. The van der Waals surface area contributed by atoms with Crippen LogP contribution in [-0.4, -0.2) is 19.1 Å². The first kappa shape index (κ1) is 19.5. The van der Waals surface area contributed by atoms with Crippen molar-refractivity contribution < 1.29 is 9.53 Å². The Morgan fingerprint density at radius 3 is 2.74 bits per heavy atom. The standard InChI is InChI=1S/C18H26N2O2.ClH/c1-2-11-22-16-8-6-7-15(12-16)20-17(21)13-18(14-19)9-4-3-5-10-18;/h2,6-8,12H,1,3-5,9-11,13-14,19H2,(H,20,21);1H. The summed E-state index contributed by atoms with van der Waals surface area (Å²) in [6, 6.07) is 7.43. The molecule has 128 valence electrons. The van der Waals surface area contributed by atoms with Gasteiger partial charge in [0.2, 0.25) is 5.91 Å². The summed E-state index contributed by atoms with van der Waals surface area (Å²) < 4.78 is 5.48. The van der Waals surface area contributed by atoms with Crippen molar-refractivity contribution in [2.24, 2.45) is 11.1 Å². The molecule has 2 rings (SSSR count). The molecule has 0 unspecified atom stereocenters. The van der Waals surface area contributed by atoms with Crippen LogP contribution >= 0.6 is 12.4 Å². The predicted molar refractivity (Wildman–Crippen MR) is 97.2 cm³/mol. The number of ether oxygens (including phenoxy) is 1. The van der Waals surface area contributed by atoms with E-state index in [-0.39, 0.29) is 23.7 Å². The van der Waals surface area contributed by atoms with Gasteiger partial charge in [-0.15, -0.1) is 12.4 Å². The molecule has 0 heterocycles. The Bertz CT molecular complexity index is 513. The number of halogens is 1. The number of carbonyl (C=O) groups is 1. The molecule has 0 saturated heterocycles. The Hall–Kier alpha value is -1.52. The van der Waals surface area contributed by atoms with Gasteiger partial charge in [0.05, 0.1) is 0 Å². The molecular formula is C18H27ClN2O2. The average Bonchev–Trinajstić information content (AvgIpc) is 2.54. The maximum atomic E-state index is 12.3. The molecule has 1 saturated carbocycles. The van der Waals surface area contributed by atoms with Gasteiger partial charge in [-0.25, -0.2) is 0 Å². The fourth-order valence-corrected chi connectivity index (χ4v) is 3.12. The zero-order chi connectivity index (χ0) is 15.8. The van der Waals surface area contributed by atoms with Crippen LogP contribution in [0.15, 0.2) is 36.9 Å². The highest BCUT2D eigenvalue weighted by Crippen LogP contribution is 2.38. The molecular weight excluding hydrogens is 312 g/mol. The highest BCUT2D eigenvalue weighted by Gasteiger charge is 2.32. The van der Waals surface area contributed by atoms with Crippen LogP contribution in [0.3, 0.4) is 0 Å². The molecule has 1 aromatic rings. The summed E-state index contributed by atoms with van der Waals surface area (Å²) in [5.74, 6) is 0.761. The second-order valence-electron chi connectivity index (χ2n) is 6.12. The van der Waals surface area contributed by atoms with E-state index in [4.69, 9.17) is 10.5 Å². The number of anilines is 1. The molecule has 1 aliphatic carbocycles. The lowest BCUT2D eigenvalue weighted by Crippen LogP contribution is -2.36. The third-order valence-electron chi connectivity index (χ3n) is 4.37. The fraction of sp³-hybridized carbons (Fsp3) is 0.500. The highest BCUT2D eigenvalue weighted by atomic mass is 35.5. The van der Waals surface area contributed by atoms with E-state index in [1.165, 1.54) is 19.3 Å². The number of hydrogen-bond donors (Lipinski definition) is 2. The van der Waals surface area contributed by atoms with Crippen LogP contribution in [0.4, 0.5) is 5.69 Å². The van der Waals surface area contributed by atoms with Gasteiger partial charge in [-0.3, -0.25) is 4.79 Å². The predicted octanol–water partition coefficient (Wildman–Crippen LogP) is 3.91. The monoisotopic (exact) mass is 338 g/mol. The van der Waals surface area contributed by atoms with Crippen molar-refractivity contribution in [3.63, 3.8) is 0 Å². The third-order valence-corrected chi connectivity index (χ3v) is 4.37. The number of amides is 1. The normalized spacial score (nSPS) is 16.0. The molecule has 1 aliphatic rings. The van der Waals surface area contributed by atoms with Crippen LogP contribution in [0, 0.1) is 5.41 Å². The fourth-order valence-electron chi connectivity index (χ4n) is 3.12. The van der Waals surface area contributed by atoms with Crippen LogP contribution in [0.2, 0.25) is 0 Å².